The molecule has 7 heteroatoms. The molecule has 3 aromatic rings. The van der Waals surface area contributed by atoms with Crippen molar-refractivity contribution in [3.05, 3.63) is 64.7 Å². The molecule has 2 aromatic carbocycles. The van der Waals surface area contributed by atoms with Crippen LogP contribution in [0.4, 0.5) is 5.69 Å². The van der Waals surface area contributed by atoms with E-state index >= 15 is 0 Å². The molecule has 6 nitrogen and oxygen atoms in total. The van der Waals surface area contributed by atoms with E-state index in [1.807, 2.05) is 61.7 Å². The van der Waals surface area contributed by atoms with E-state index in [0.29, 0.717) is 5.69 Å². The lowest BCUT2D eigenvalue weighted by atomic mass is 10.1. The normalized spacial score (nSPS) is 10.4. The van der Waals surface area contributed by atoms with E-state index < -0.39 is 5.97 Å². The SMILES string of the molecule is COc1ccc(-c2nc(CC(=O)OCC(=O)Nc3cc(C)ccc3C)cs2)cc1. The summed E-state index contributed by atoms with van der Waals surface area (Å²) >= 11 is 1.45. The Balaban J connectivity index is 1.51. The molecule has 1 amide bonds. The smallest absolute Gasteiger partial charge is 0.312 e. The van der Waals surface area contributed by atoms with E-state index in [2.05, 4.69) is 10.3 Å². The summed E-state index contributed by atoms with van der Waals surface area (Å²) in [5, 5.41) is 5.39. The minimum absolute atomic E-state index is 0.0173. The second-order valence-electron chi connectivity index (χ2n) is 6.58. The first-order chi connectivity index (χ1) is 13.9. The second-order valence-corrected chi connectivity index (χ2v) is 7.43. The van der Waals surface area contributed by atoms with Crippen LogP contribution < -0.4 is 10.1 Å². The number of ether oxygens (including phenoxy) is 2. The third-order valence-corrected chi connectivity index (χ3v) is 5.19. The lowest BCUT2D eigenvalue weighted by molar-refractivity contribution is -0.146. The van der Waals surface area contributed by atoms with Gasteiger partial charge in [-0.25, -0.2) is 4.98 Å². The van der Waals surface area contributed by atoms with Gasteiger partial charge in [-0.05, 0) is 55.3 Å². The number of hydrogen-bond donors (Lipinski definition) is 1. The Kier molecular flexibility index (Phi) is 6.61. The van der Waals surface area contributed by atoms with Crippen molar-refractivity contribution >= 4 is 28.9 Å². The molecule has 0 radical (unpaired) electrons. The van der Waals surface area contributed by atoms with E-state index in [1.165, 1.54) is 11.3 Å². The molecule has 0 spiro atoms. The molecule has 1 N–H and O–H groups in total. The van der Waals surface area contributed by atoms with E-state index in [1.54, 1.807) is 7.11 Å². The van der Waals surface area contributed by atoms with Crippen LogP contribution in [-0.2, 0) is 20.7 Å². The maximum atomic E-state index is 12.1. The Morgan fingerprint density at radius 2 is 1.86 bits per heavy atom. The van der Waals surface area contributed by atoms with E-state index in [0.717, 1.165) is 33.1 Å². The van der Waals surface area contributed by atoms with Crippen molar-refractivity contribution in [2.45, 2.75) is 20.3 Å². The van der Waals surface area contributed by atoms with Crippen molar-refractivity contribution in [3.8, 4) is 16.3 Å². The Labute approximate surface area is 173 Å². The maximum absolute atomic E-state index is 12.1. The molecule has 29 heavy (non-hydrogen) atoms. The van der Waals surface area contributed by atoms with Crippen molar-refractivity contribution in [1.82, 2.24) is 4.98 Å². The lowest BCUT2D eigenvalue weighted by Crippen LogP contribution is -2.22. The van der Waals surface area contributed by atoms with Gasteiger partial charge in [0, 0.05) is 16.6 Å². The Bertz CT molecular complexity index is 1010. The number of carbonyl (C=O) groups is 2. The van der Waals surface area contributed by atoms with Gasteiger partial charge >= 0.3 is 5.97 Å². The van der Waals surface area contributed by atoms with Crippen LogP contribution in [0, 0.1) is 13.8 Å². The van der Waals surface area contributed by atoms with Crippen LogP contribution in [0.25, 0.3) is 10.6 Å². The molecule has 0 saturated heterocycles. The number of nitrogens with one attached hydrogen (secondary N) is 1. The van der Waals surface area contributed by atoms with Crippen molar-refractivity contribution in [1.29, 1.82) is 0 Å². The fourth-order valence-corrected chi connectivity index (χ4v) is 3.48. The largest absolute Gasteiger partial charge is 0.497 e. The fraction of sp³-hybridized carbons (Fsp3) is 0.227. The Morgan fingerprint density at radius 1 is 1.10 bits per heavy atom. The monoisotopic (exact) mass is 410 g/mol. The van der Waals surface area contributed by atoms with Crippen molar-refractivity contribution in [3.63, 3.8) is 0 Å². The number of carbonyl (C=O) groups excluding carboxylic acids is 2. The number of nitrogens with zero attached hydrogens (tertiary/aromatic N) is 1. The van der Waals surface area contributed by atoms with Crippen LogP contribution in [0.5, 0.6) is 5.75 Å². The number of amides is 1. The second kappa shape index (κ2) is 9.34. The number of aryl methyl sites for hydroxylation is 2. The van der Waals surface area contributed by atoms with Gasteiger partial charge in [0.25, 0.3) is 5.91 Å². The van der Waals surface area contributed by atoms with E-state index in [9.17, 15) is 9.59 Å². The molecule has 0 unspecified atom stereocenters. The van der Waals surface area contributed by atoms with E-state index in [4.69, 9.17) is 9.47 Å². The van der Waals surface area contributed by atoms with Crippen molar-refractivity contribution in [2.24, 2.45) is 0 Å². The topological polar surface area (TPSA) is 77.5 Å². The van der Waals surface area contributed by atoms with Crippen molar-refractivity contribution < 1.29 is 19.1 Å². The number of esters is 1. The highest BCUT2D eigenvalue weighted by Gasteiger charge is 2.13. The summed E-state index contributed by atoms with van der Waals surface area (Å²) in [5.74, 6) is -0.0924. The number of anilines is 1. The first kappa shape index (κ1) is 20.5. The number of aromatic nitrogens is 1. The highest BCUT2D eigenvalue weighted by atomic mass is 32.1. The number of thiazole rings is 1. The average Bonchev–Trinajstić information content (AvgIpc) is 3.17. The number of benzene rings is 2. The maximum Gasteiger partial charge on any atom is 0.312 e. The van der Waals surface area contributed by atoms with Gasteiger partial charge in [0.1, 0.15) is 10.8 Å². The summed E-state index contributed by atoms with van der Waals surface area (Å²) in [7, 11) is 1.62. The predicted molar refractivity (Wildman–Crippen MR) is 113 cm³/mol. The standard InChI is InChI=1S/C22H22N2O4S/c1-14-4-5-15(2)19(10-14)24-20(25)12-28-21(26)11-17-13-29-22(23-17)16-6-8-18(27-3)9-7-16/h4-10,13H,11-12H2,1-3H3,(H,24,25). The molecule has 0 aliphatic rings. The minimum atomic E-state index is -0.493. The quantitative estimate of drug-likeness (QED) is 0.592. The fourth-order valence-electron chi connectivity index (χ4n) is 2.66. The molecule has 1 heterocycles. The predicted octanol–water partition coefficient (Wildman–Crippen LogP) is 4.16. The average molecular weight is 410 g/mol. The zero-order chi connectivity index (χ0) is 20.8. The van der Waals surface area contributed by atoms with Gasteiger partial charge in [-0.3, -0.25) is 9.59 Å². The third-order valence-electron chi connectivity index (χ3n) is 4.25. The molecule has 1 aromatic heterocycles. The molecule has 0 fully saturated rings. The summed E-state index contributed by atoms with van der Waals surface area (Å²) in [6, 6.07) is 13.3. The number of methoxy groups -OCH3 is 1. The first-order valence-corrected chi connectivity index (χ1v) is 9.94. The van der Waals surface area contributed by atoms with Crippen LogP contribution in [0.15, 0.2) is 47.8 Å². The molecule has 0 aliphatic heterocycles. The Morgan fingerprint density at radius 3 is 2.59 bits per heavy atom. The number of rotatable bonds is 7. The lowest BCUT2D eigenvalue weighted by Gasteiger charge is -2.09. The third kappa shape index (κ3) is 5.65. The van der Waals surface area contributed by atoms with Crippen molar-refractivity contribution in [2.75, 3.05) is 19.0 Å². The first-order valence-electron chi connectivity index (χ1n) is 9.06. The molecule has 150 valence electrons. The summed E-state index contributed by atoms with van der Waals surface area (Å²) in [4.78, 5) is 28.6. The van der Waals surface area contributed by atoms with Gasteiger partial charge in [0.05, 0.1) is 19.2 Å². The summed E-state index contributed by atoms with van der Waals surface area (Å²) in [6.07, 6.45) is 0.0173. The van der Waals surface area contributed by atoms with Gasteiger partial charge in [-0.15, -0.1) is 11.3 Å². The van der Waals surface area contributed by atoms with Crippen LogP contribution in [0.2, 0.25) is 0 Å². The summed E-state index contributed by atoms with van der Waals surface area (Å²) in [6.45, 7) is 3.52. The molecule has 0 aliphatic carbocycles. The summed E-state index contributed by atoms with van der Waals surface area (Å²) in [5.41, 5.74) is 4.27. The summed E-state index contributed by atoms with van der Waals surface area (Å²) < 4.78 is 10.2. The Hall–Kier alpha value is -3.19. The van der Waals surface area contributed by atoms with Gasteiger partial charge in [0.2, 0.25) is 0 Å². The molecular formula is C22H22N2O4S. The molecule has 0 atom stereocenters. The van der Waals surface area contributed by atoms with E-state index in [-0.39, 0.29) is 18.9 Å². The van der Waals surface area contributed by atoms with Crippen LogP contribution in [0.3, 0.4) is 0 Å². The van der Waals surface area contributed by atoms with Gasteiger partial charge in [0.15, 0.2) is 6.61 Å². The van der Waals surface area contributed by atoms with Gasteiger partial charge in [-0.1, -0.05) is 12.1 Å². The molecule has 0 bridgehead atoms. The molecule has 3 rings (SSSR count). The van der Waals surface area contributed by atoms with Gasteiger partial charge < -0.3 is 14.8 Å². The molecule has 0 saturated carbocycles. The minimum Gasteiger partial charge on any atom is -0.497 e. The van der Waals surface area contributed by atoms with Crippen LogP contribution in [-0.4, -0.2) is 30.6 Å². The highest BCUT2D eigenvalue weighted by molar-refractivity contribution is 7.13. The zero-order valence-electron chi connectivity index (χ0n) is 16.5. The van der Waals surface area contributed by atoms with Crippen LogP contribution in [0.1, 0.15) is 16.8 Å². The van der Waals surface area contributed by atoms with Crippen LogP contribution >= 0.6 is 11.3 Å². The highest BCUT2D eigenvalue weighted by Crippen LogP contribution is 2.26. The zero-order valence-corrected chi connectivity index (χ0v) is 17.3. The molecular weight excluding hydrogens is 388 g/mol. The van der Waals surface area contributed by atoms with Gasteiger partial charge in [-0.2, -0.15) is 0 Å². The number of hydrogen-bond acceptors (Lipinski definition) is 6.